The molecular weight excluding hydrogens is 320 g/mol. The van der Waals surface area contributed by atoms with Crippen molar-refractivity contribution in [1.82, 2.24) is 0 Å². The molecule has 0 aromatic rings. The molecule has 0 aliphatic heterocycles. The highest BCUT2D eigenvalue weighted by Crippen LogP contribution is 2.45. The molecule has 23 heavy (non-hydrogen) atoms. The van der Waals surface area contributed by atoms with Crippen LogP contribution in [0.5, 0.6) is 0 Å². The number of ether oxygens (including phenoxy) is 2. The minimum absolute atomic E-state index is 0.00521. The lowest BCUT2D eigenvalue weighted by atomic mass is 9.81. The third kappa shape index (κ3) is 3.62. The van der Waals surface area contributed by atoms with E-state index in [1.165, 1.54) is 20.8 Å². The number of hydrogen-bond donors (Lipinski definition) is 0. The number of allylic oxidation sites excluding steroid dienone is 6. The monoisotopic (exact) mass is 336 g/mol. The van der Waals surface area contributed by atoms with Crippen molar-refractivity contribution >= 4 is 12.3 Å². The van der Waals surface area contributed by atoms with Crippen LogP contribution in [0.15, 0.2) is 34.6 Å². The summed E-state index contributed by atoms with van der Waals surface area (Å²) in [5.74, 6) is -12.9. The molecular formula is C15H16F4O4. The van der Waals surface area contributed by atoms with E-state index in [1.54, 1.807) is 0 Å². The molecule has 1 aliphatic rings. The van der Waals surface area contributed by atoms with Gasteiger partial charge in [0.1, 0.15) is 18.0 Å². The first-order chi connectivity index (χ1) is 10.8. The molecule has 0 saturated carbocycles. The summed E-state index contributed by atoms with van der Waals surface area (Å²) in [5.41, 5.74) is -0.728. The lowest BCUT2D eigenvalue weighted by Gasteiger charge is -2.27. The van der Waals surface area contributed by atoms with Crippen LogP contribution >= 0.6 is 0 Å². The van der Waals surface area contributed by atoms with Crippen molar-refractivity contribution < 1.29 is 36.6 Å². The van der Waals surface area contributed by atoms with Gasteiger partial charge in [-0.1, -0.05) is 0 Å². The number of carbonyl (C=O) groups is 2. The topological polar surface area (TPSA) is 52.6 Å². The lowest BCUT2D eigenvalue weighted by Crippen LogP contribution is -2.32. The van der Waals surface area contributed by atoms with Crippen LogP contribution in [0.2, 0.25) is 0 Å². The van der Waals surface area contributed by atoms with Gasteiger partial charge in [-0.3, -0.25) is 4.79 Å². The normalized spacial score (nSPS) is 22.0. The molecule has 0 heterocycles. The maximum absolute atomic E-state index is 14.2. The van der Waals surface area contributed by atoms with E-state index in [0.717, 1.165) is 0 Å². The standard InChI is InChI=1S/C15H16F4O4/c1-4-22-7(3)9-10(8(6-20)15(21)23-5-2)12(17)14(19)13(18)11(9)16/h6,8,10H,4-5H2,1-3H3. The fraction of sp³-hybridized carbons (Fsp3) is 0.467. The van der Waals surface area contributed by atoms with Gasteiger partial charge in [0.05, 0.1) is 24.9 Å². The minimum atomic E-state index is -2.09. The molecule has 2 unspecified atom stereocenters. The number of halogens is 4. The molecule has 2 atom stereocenters. The summed E-state index contributed by atoms with van der Waals surface area (Å²) >= 11 is 0. The predicted molar refractivity (Wildman–Crippen MR) is 72.5 cm³/mol. The highest BCUT2D eigenvalue weighted by molar-refractivity contribution is 5.89. The first kappa shape index (κ1) is 18.9. The third-order valence-electron chi connectivity index (χ3n) is 3.22. The molecule has 4 nitrogen and oxygen atoms in total. The zero-order chi connectivity index (χ0) is 17.7. The molecule has 0 aromatic carbocycles. The van der Waals surface area contributed by atoms with Crippen LogP contribution in [0.3, 0.4) is 0 Å². The number of carbonyl (C=O) groups excluding carboxylic acids is 2. The fourth-order valence-electron chi connectivity index (χ4n) is 2.23. The average Bonchev–Trinajstić information content (AvgIpc) is 2.51. The summed E-state index contributed by atoms with van der Waals surface area (Å²) in [5, 5.41) is 0. The molecule has 0 bridgehead atoms. The molecule has 128 valence electrons. The largest absolute Gasteiger partial charge is 0.498 e. The second kappa shape index (κ2) is 7.94. The average molecular weight is 336 g/mol. The highest BCUT2D eigenvalue weighted by Gasteiger charge is 2.45. The quantitative estimate of drug-likeness (QED) is 0.244. The van der Waals surface area contributed by atoms with E-state index in [9.17, 15) is 27.2 Å². The highest BCUT2D eigenvalue weighted by atomic mass is 19.2. The maximum atomic E-state index is 14.2. The summed E-state index contributed by atoms with van der Waals surface area (Å²) in [7, 11) is 0. The van der Waals surface area contributed by atoms with Crippen molar-refractivity contribution in [1.29, 1.82) is 0 Å². The van der Waals surface area contributed by atoms with E-state index in [1.807, 2.05) is 0 Å². The minimum Gasteiger partial charge on any atom is -0.498 e. The molecule has 8 heteroatoms. The Kier molecular flexibility index (Phi) is 6.53. The van der Waals surface area contributed by atoms with Crippen LogP contribution in [0.1, 0.15) is 20.8 Å². The Hall–Kier alpha value is -2.12. The fourth-order valence-corrected chi connectivity index (χ4v) is 2.23. The molecule has 1 aliphatic carbocycles. The number of hydrogen-bond acceptors (Lipinski definition) is 4. The van der Waals surface area contributed by atoms with Crippen molar-refractivity contribution in [3.63, 3.8) is 0 Å². The van der Waals surface area contributed by atoms with Gasteiger partial charge in [-0.25, -0.2) is 17.6 Å². The smallest absolute Gasteiger partial charge is 0.317 e. The van der Waals surface area contributed by atoms with Gasteiger partial charge in [0.25, 0.3) is 0 Å². The molecule has 0 saturated heterocycles. The number of rotatable bonds is 6. The summed E-state index contributed by atoms with van der Waals surface area (Å²) in [4.78, 5) is 23.0. The predicted octanol–water partition coefficient (Wildman–Crippen LogP) is 3.61. The van der Waals surface area contributed by atoms with Gasteiger partial charge in [-0.15, -0.1) is 0 Å². The van der Waals surface area contributed by atoms with Crippen LogP contribution in [-0.4, -0.2) is 25.5 Å². The SMILES string of the molecule is CCOC(=O)C(C=O)C1C(F)=C(F)C(F)=C(F)C1=C(C)OCC. The molecule has 0 aromatic heterocycles. The van der Waals surface area contributed by atoms with E-state index < -0.39 is 46.7 Å². The van der Waals surface area contributed by atoms with Crippen LogP contribution in [0.4, 0.5) is 17.6 Å². The number of esters is 1. The van der Waals surface area contributed by atoms with E-state index >= 15 is 0 Å². The summed E-state index contributed by atoms with van der Waals surface area (Å²) in [6.45, 7) is 4.09. The van der Waals surface area contributed by atoms with Gasteiger partial charge >= 0.3 is 5.97 Å². The summed E-state index contributed by atoms with van der Waals surface area (Å²) in [6, 6.07) is 0. The van der Waals surface area contributed by atoms with Gasteiger partial charge < -0.3 is 14.3 Å². The van der Waals surface area contributed by atoms with Crippen LogP contribution in [0.25, 0.3) is 0 Å². The van der Waals surface area contributed by atoms with E-state index in [4.69, 9.17) is 4.74 Å². The van der Waals surface area contributed by atoms with Crippen molar-refractivity contribution in [3.05, 3.63) is 34.6 Å². The van der Waals surface area contributed by atoms with Crippen LogP contribution in [0, 0.1) is 11.8 Å². The summed E-state index contributed by atoms with van der Waals surface area (Å²) < 4.78 is 64.9. The van der Waals surface area contributed by atoms with Gasteiger partial charge in [-0.05, 0) is 20.8 Å². The Bertz CT molecular complexity index is 592. The molecule has 0 spiro atoms. The van der Waals surface area contributed by atoms with Crippen molar-refractivity contribution in [2.24, 2.45) is 11.8 Å². The van der Waals surface area contributed by atoms with E-state index in [-0.39, 0.29) is 25.3 Å². The third-order valence-corrected chi connectivity index (χ3v) is 3.22. The van der Waals surface area contributed by atoms with Gasteiger partial charge in [0.15, 0.2) is 17.5 Å². The summed E-state index contributed by atoms with van der Waals surface area (Å²) in [6.07, 6.45) is 0.00521. The molecule has 0 N–H and O–H groups in total. The molecule has 0 fully saturated rings. The van der Waals surface area contributed by atoms with Crippen molar-refractivity contribution in [3.8, 4) is 0 Å². The van der Waals surface area contributed by atoms with E-state index in [2.05, 4.69) is 4.74 Å². The number of aldehydes is 1. The second-order valence-corrected chi connectivity index (χ2v) is 4.58. The zero-order valence-corrected chi connectivity index (χ0v) is 12.8. The van der Waals surface area contributed by atoms with Gasteiger partial charge in [0, 0.05) is 5.57 Å². The first-order valence-corrected chi connectivity index (χ1v) is 6.88. The molecule has 0 amide bonds. The Labute approximate surface area is 130 Å². The lowest BCUT2D eigenvalue weighted by molar-refractivity contribution is -0.150. The van der Waals surface area contributed by atoms with Crippen molar-refractivity contribution in [2.45, 2.75) is 20.8 Å². The Morgan fingerprint density at radius 1 is 1.09 bits per heavy atom. The Morgan fingerprint density at radius 2 is 1.65 bits per heavy atom. The molecule has 0 radical (unpaired) electrons. The Balaban J connectivity index is 3.53. The maximum Gasteiger partial charge on any atom is 0.317 e. The van der Waals surface area contributed by atoms with Crippen molar-refractivity contribution in [2.75, 3.05) is 13.2 Å². The van der Waals surface area contributed by atoms with Crippen LogP contribution < -0.4 is 0 Å². The van der Waals surface area contributed by atoms with E-state index in [0.29, 0.717) is 0 Å². The van der Waals surface area contributed by atoms with Gasteiger partial charge in [0.2, 0.25) is 0 Å². The van der Waals surface area contributed by atoms with Gasteiger partial charge in [-0.2, -0.15) is 0 Å². The zero-order valence-electron chi connectivity index (χ0n) is 12.8. The second-order valence-electron chi connectivity index (χ2n) is 4.58. The van der Waals surface area contributed by atoms with Crippen LogP contribution in [-0.2, 0) is 19.1 Å². The first-order valence-electron chi connectivity index (χ1n) is 6.88. The Morgan fingerprint density at radius 3 is 2.13 bits per heavy atom. The molecule has 1 rings (SSSR count).